The standard InChI is InChI=1S/C17H15BrClNO/c1-10-6-7-12(19)9-14(10)17(21)20-16-13-5-3-2-4-11(13)8-15(16)18/h2-7,9,15-16H,8H2,1H3,(H,20,21). The second-order valence-corrected chi connectivity index (χ2v) is 6.94. The van der Waals surface area contributed by atoms with Crippen molar-refractivity contribution in [3.05, 3.63) is 69.7 Å². The molecule has 3 rings (SSSR count). The summed E-state index contributed by atoms with van der Waals surface area (Å²) in [4.78, 5) is 12.8. The van der Waals surface area contributed by atoms with Gasteiger partial charge in [0, 0.05) is 15.4 Å². The van der Waals surface area contributed by atoms with Crippen LogP contribution in [0.15, 0.2) is 42.5 Å². The van der Waals surface area contributed by atoms with Crippen LogP contribution in [0.2, 0.25) is 5.02 Å². The molecule has 1 amide bonds. The van der Waals surface area contributed by atoms with Crippen LogP contribution >= 0.6 is 27.5 Å². The molecular weight excluding hydrogens is 350 g/mol. The number of fused-ring (bicyclic) bond motifs is 1. The molecule has 0 bridgehead atoms. The van der Waals surface area contributed by atoms with Gasteiger partial charge in [0.15, 0.2) is 0 Å². The van der Waals surface area contributed by atoms with Crippen molar-refractivity contribution in [2.45, 2.75) is 24.2 Å². The Bertz CT molecular complexity index is 701. The zero-order valence-electron chi connectivity index (χ0n) is 11.6. The van der Waals surface area contributed by atoms with E-state index >= 15 is 0 Å². The van der Waals surface area contributed by atoms with Crippen LogP contribution in [0.25, 0.3) is 0 Å². The number of hydrogen-bond donors (Lipinski definition) is 1. The van der Waals surface area contributed by atoms with Gasteiger partial charge in [-0.1, -0.05) is 57.9 Å². The first-order chi connectivity index (χ1) is 10.1. The summed E-state index contributed by atoms with van der Waals surface area (Å²) in [6, 6.07) is 13.6. The molecule has 108 valence electrons. The number of hydrogen-bond acceptors (Lipinski definition) is 1. The number of nitrogens with one attached hydrogen (secondary N) is 1. The number of aryl methyl sites for hydroxylation is 1. The largest absolute Gasteiger partial charge is 0.344 e. The lowest BCUT2D eigenvalue weighted by molar-refractivity contribution is 0.0937. The van der Waals surface area contributed by atoms with Gasteiger partial charge in [-0.25, -0.2) is 0 Å². The minimum Gasteiger partial charge on any atom is -0.344 e. The van der Waals surface area contributed by atoms with Crippen LogP contribution in [0.4, 0.5) is 0 Å². The fourth-order valence-corrected chi connectivity index (χ4v) is 3.71. The third-order valence-electron chi connectivity index (χ3n) is 3.90. The molecule has 0 aliphatic heterocycles. The van der Waals surface area contributed by atoms with E-state index in [1.54, 1.807) is 12.1 Å². The maximum absolute atomic E-state index is 12.5. The van der Waals surface area contributed by atoms with Gasteiger partial charge in [0.25, 0.3) is 5.91 Å². The van der Waals surface area contributed by atoms with E-state index in [9.17, 15) is 4.79 Å². The van der Waals surface area contributed by atoms with Crippen molar-refractivity contribution in [3.8, 4) is 0 Å². The van der Waals surface area contributed by atoms with E-state index in [2.05, 4.69) is 33.4 Å². The number of carbonyl (C=O) groups is 1. The predicted octanol–water partition coefficient (Wildman–Crippen LogP) is 4.44. The molecule has 2 atom stereocenters. The summed E-state index contributed by atoms with van der Waals surface area (Å²) in [5, 5.41) is 3.70. The monoisotopic (exact) mass is 363 g/mol. The number of rotatable bonds is 2. The number of amides is 1. The van der Waals surface area contributed by atoms with Crippen molar-refractivity contribution < 1.29 is 4.79 Å². The van der Waals surface area contributed by atoms with Crippen LogP contribution in [0.5, 0.6) is 0 Å². The Balaban J connectivity index is 1.87. The van der Waals surface area contributed by atoms with Gasteiger partial charge in [0.05, 0.1) is 6.04 Å². The number of carbonyl (C=O) groups excluding carboxylic acids is 1. The highest BCUT2D eigenvalue weighted by Crippen LogP contribution is 2.36. The third-order valence-corrected chi connectivity index (χ3v) is 4.99. The Morgan fingerprint density at radius 3 is 2.86 bits per heavy atom. The Hall–Kier alpha value is -1.32. The van der Waals surface area contributed by atoms with Gasteiger partial charge in [-0.15, -0.1) is 0 Å². The van der Waals surface area contributed by atoms with Crippen LogP contribution in [-0.4, -0.2) is 10.7 Å². The van der Waals surface area contributed by atoms with Gasteiger partial charge in [0.1, 0.15) is 0 Å². The van der Waals surface area contributed by atoms with E-state index < -0.39 is 0 Å². The first-order valence-electron chi connectivity index (χ1n) is 6.85. The van der Waals surface area contributed by atoms with Crippen molar-refractivity contribution in [1.29, 1.82) is 0 Å². The first kappa shape index (κ1) is 14.6. The van der Waals surface area contributed by atoms with Crippen molar-refractivity contribution in [2.24, 2.45) is 0 Å². The molecule has 2 aromatic rings. The zero-order valence-corrected chi connectivity index (χ0v) is 13.9. The highest BCUT2D eigenvalue weighted by Gasteiger charge is 2.31. The Morgan fingerprint density at radius 2 is 2.05 bits per heavy atom. The van der Waals surface area contributed by atoms with Gasteiger partial charge in [-0.2, -0.15) is 0 Å². The second kappa shape index (κ2) is 5.82. The minimum atomic E-state index is -0.0823. The van der Waals surface area contributed by atoms with Crippen molar-refractivity contribution in [3.63, 3.8) is 0 Å². The quantitative estimate of drug-likeness (QED) is 0.784. The van der Waals surface area contributed by atoms with Gasteiger partial charge in [-0.05, 0) is 42.2 Å². The fourth-order valence-electron chi connectivity index (χ4n) is 2.77. The Labute approximate surface area is 137 Å². The summed E-state index contributed by atoms with van der Waals surface area (Å²) >= 11 is 9.68. The molecular formula is C17H15BrClNO. The fraction of sp³-hybridized carbons (Fsp3) is 0.235. The smallest absolute Gasteiger partial charge is 0.252 e. The topological polar surface area (TPSA) is 29.1 Å². The maximum Gasteiger partial charge on any atom is 0.252 e. The first-order valence-corrected chi connectivity index (χ1v) is 8.14. The molecule has 0 saturated heterocycles. The summed E-state index contributed by atoms with van der Waals surface area (Å²) in [5.41, 5.74) is 4.03. The number of benzene rings is 2. The number of halogens is 2. The van der Waals surface area contributed by atoms with Gasteiger partial charge < -0.3 is 5.32 Å². The predicted molar refractivity (Wildman–Crippen MR) is 89.3 cm³/mol. The van der Waals surface area contributed by atoms with Gasteiger partial charge in [-0.3, -0.25) is 4.79 Å². The molecule has 2 nitrogen and oxygen atoms in total. The van der Waals surface area contributed by atoms with Crippen LogP contribution in [0.3, 0.4) is 0 Å². The highest BCUT2D eigenvalue weighted by molar-refractivity contribution is 9.09. The lowest BCUT2D eigenvalue weighted by Gasteiger charge is -2.18. The zero-order chi connectivity index (χ0) is 15.0. The van der Waals surface area contributed by atoms with Crippen molar-refractivity contribution in [1.82, 2.24) is 5.32 Å². The molecule has 0 saturated carbocycles. The SMILES string of the molecule is Cc1ccc(Cl)cc1C(=O)NC1c2ccccc2CC1Br. The maximum atomic E-state index is 12.5. The average molecular weight is 365 g/mol. The molecule has 0 fully saturated rings. The van der Waals surface area contributed by atoms with Crippen LogP contribution < -0.4 is 5.32 Å². The molecule has 2 aromatic carbocycles. The Kier molecular flexibility index (Phi) is 4.05. The molecule has 4 heteroatoms. The van der Waals surface area contributed by atoms with Gasteiger partial charge in [0.2, 0.25) is 0 Å². The minimum absolute atomic E-state index is 0.00733. The number of alkyl halides is 1. The lowest BCUT2D eigenvalue weighted by atomic mass is 10.1. The van der Waals surface area contributed by atoms with E-state index in [0.29, 0.717) is 10.6 Å². The van der Waals surface area contributed by atoms with E-state index in [1.807, 2.05) is 25.1 Å². The molecule has 0 aromatic heterocycles. The highest BCUT2D eigenvalue weighted by atomic mass is 79.9. The molecule has 21 heavy (non-hydrogen) atoms. The Morgan fingerprint density at radius 1 is 1.29 bits per heavy atom. The summed E-state index contributed by atoms with van der Waals surface area (Å²) in [6.45, 7) is 1.92. The lowest BCUT2D eigenvalue weighted by Crippen LogP contribution is -2.32. The molecule has 1 aliphatic rings. The van der Waals surface area contributed by atoms with E-state index in [-0.39, 0.29) is 16.8 Å². The molecule has 1 aliphatic carbocycles. The molecule has 0 spiro atoms. The summed E-state index contributed by atoms with van der Waals surface area (Å²) in [6.07, 6.45) is 0.926. The molecule has 1 N–H and O–H groups in total. The molecule has 2 unspecified atom stereocenters. The van der Waals surface area contributed by atoms with E-state index in [1.165, 1.54) is 11.1 Å². The van der Waals surface area contributed by atoms with Gasteiger partial charge >= 0.3 is 0 Å². The third kappa shape index (κ3) is 2.85. The van der Waals surface area contributed by atoms with E-state index in [4.69, 9.17) is 11.6 Å². The van der Waals surface area contributed by atoms with Crippen LogP contribution in [0, 0.1) is 6.92 Å². The summed E-state index contributed by atoms with van der Waals surface area (Å²) in [5.74, 6) is -0.0823. The van der Waals surface area contributed by atoms with E-state index in [0.717, 1.165) is 12.0 Å². The van der Waals surface area contributed by atoms with Crippen LogP contribution in [-0.2, 0) is 6.42 Å². The average Bonchev–Trinajstić information content (AvgIpc) is 2.78. The summed E-state index contributed by atoms with van der Waals surface area (Å²) < 4.78 is 0. The van der Waals surface area contributed by atoms with Crippen molar-refractivity contribution in [2.75, 3.05) is 0 Å². The second-order valence-electron chi connectivity index (χ2n) is 5.33. The molecule has 0 heterocycles. The normalized spacial score (nSPS) is 20.1. The van der Waals surface area contributed by atoms with Crippen molar-refractivity contribution >= 4 is 33.4 Å². The van der Waals surface area contributed by atoms with Crippen LogP contribution in [0.1, 0.15) is 33.1 Å². The molecule has 0 radical (unpaired) electrons. The summed E-state index contributed by atoms with van der Waals surface area (Å²) in [7, 11) is 0.